The lowest BCUT2D eigenvalue weighted by atomic mass is 10.1. The molecule has 0 saturated heterocycles. The fourth-order valence-corrected chi connectivity index (χ4v) is 1.67. The number of hydrogen-bond donors (Lipinski definition) is 2. The summed E-state index contributed by atoms with van der Waals surface area (Å²) in [6.07, 6.45) is -3.26. The van der Waals surface area contributed by atoms with Crippen molar-refractivity contribution >= 4 is 21.9 Å². The molecule has 0 unspecified atom stereocenters. The Labute approximate surface area is 98.1 Å². The van der Waals surface area contributed by atoms with Gasteiger partial charge in [0.05, 0.1) is 12.1 Å². The minimum Gasteiger partial charge on any atom is -0.506 e. The number of carbonyl (C=O) groups is 1. The first kappa shape index (κ1) is 12.8. The molecular formula is C9H8BrF2NO3. The van der Waals surface area contributed by atoms with Crippen molar-refractivity contribution in [1.82, 2.24) is 4.98 Å². The summed E-state index contributed by atoms with van der Waals surface area (Å²) >= 11 is 3.02. The molecule has 0 aliphatic carbocycles. The van der Waals surface area contributed by atoms with Gasteiger partial charge in [0.2, 0.25) is 0 Å². The van der Waals surface area contributed by atoms with Crippen LogP contribution < -0.4 is 0 Å². The molecule has 0 radical (unpaired) electrons. The van der Waals surface area contributed by atoms with Crippen molar-refractivity contribution in [2.24, 2.45) is 0 Å². The van der Waals surface area contributed by atoms with E-state index < -0.39 is 23.8 Å². The fourth-order valence-electron chi connectivity index (χ4n) is 1.19. The number of carboxylic acids is 1. The summed E-state index contributed by atoms with van der Waals surface area (Å²) in [6, 6.07) is 1.01. The average molecular weight is 296 g/mol. The summed E-state index contributed by atoms with van der Waals surface area (Å²) in [4.78, 5) is 14.0. The number of alkyl halides is 3. The molecule has 2 N–H and O–H groups in total. The van der Waals surface area contributed by atoms with Gasteiger partial charge >= 0.3 is 5.97 Å². The standard InChI is InChI=1S/C9H8BrF2NO3/c10-3-5-4(2-7(15)16)1-6(14)8(13-5)9(11)12/h1,9,14H,2-3H2,(H,15,16). The van der Waals surface area contributed by atoms with Crippen molar-refractivity contribution < 1.29 is 23.8 Å². The number of rotatable bonds is 4. The molecule has 0 amide bonds. The Bertz CT molecular complexity index is 412. The minimum atomic E-state index is -2.89. The van der Waals surface area contributed by atoms with Crippen molar-refractivity contribution in [3.63, 3.8) is 0 Å². The first-order valence-corrected chi connectivity index (χ1v) is 5.35. The quantitative estimate of drug-likeness (QED) is 0.836. The maximum atomic E-state index is 12.4. The second-order valence-electron chi connectivity index (χ2n) is 3.00. The Morgan fingerprint density at radius 1 is 1.56 bits per heavy atom. The SMILES string of the molecule is O=C(O)Cc1cc(O)c(C(F)F)nc1CBr. The molecular weight excluding hydrogens is 288 g/mol. The number of hydrogen-bond acceptors (Lipinski definition) is 3. The van der Waals surface area contributed by atoms with E-state index in [0.717, 1.165) is 6.07 Å². The summed E-state index contributed by atoms with van der Waals surface area (Å²) in [5.74, 6) is -1.80. The highest BCUT2D eigenvalue weighted by Gasteiger charge is 2.19. The molecule has 0 aliphatic rings. The molecule has 16 heavy (non-hydrogen) atoms. The summed E-state index contributed by atoms with van der Waals surface area (Å²) < 4.78 is 24.8. The molecule has 0 atom stereocenters. The lowest BCUT2D eigenvalue weighted by molar-refractivity contribution is -0.136. The second kappa shape index (κ2) is 5.20. The first-order chi connectivity index (χ1) is 7.45. The van der Waals surface area contributed by atoms with Crippen LogP contribution in [0.5, 0.6) is 5.75 Å². The van der Waals surface area contributed by atoms with E-state index >= 15 is 0 Å². The van der Waals surface area contributed by atoms with Crippen LogP contribution in [-0.2, 0) is 16.5 Å². The van der Waals surface area contributed by atoms with E-state index in [9.17, 15) is 18.7 Å². The topological polar surface area (TPSA) is 70.4 Å². The Kier molecular flexibility index (Phi) is 4.17. The average Bonchev–Trinajstić information content (AvgIpc) is 2.16. The van der Waals surface area contributed by atoms with Gasteiger partial charge in [0.1, 0.15) is 11.4 Å². The van der Waals surface area contributed by atoms with Crippen molar-refractivity contribution in [3.8, 4) is 5.75 Å². The third kappa shape index (κ3) is 2.88. The summed E-state index contributed by atoms with van der Waals surface area (Å²) in [7, 11) is 0. The van der Waals surface area contributed by atoms with Gasteiger partial charge in [-0.25, -0.2) is 13.8 Å². The minimum absolute atomic E-state index is 0.148. The first-order valence-electron chi connectivity index (χ1n) is 4.23. The second-order valence-corrected chi connectivity index (χ2v) is 3.56. The zero-order valence-corrected chi connectivity index (χ0v) is 9.54. The van der Waals surface area contributed by atoms with Gasteiger partial charge in [0.25, 0.3) is 6.43 Å². The van der Waals surface area contributed by atoms with Gasteiger partial charge < -0.3 is 10.2 Å². The van der Waals surface area contributed by atoms with Crippen molar-refractivity contribution in [2.45, 2.75) is 18.2 Å². The normalized spacial score (nSPS) is 10.8. The van der Waals surface area contributed by atoms with Crippen LogP contribution in [0.2, 0.25) is 0 Å². The molecule has 0 bridgehead atoms. The Morgan fingerprint density at radius 3 is 2.62 bits per heavy atom. The van der Waals surface area contributed by atoms with Crippen LogP contribution in [0.15, 0.2) is 6.07 Å². The number of pyridine rings is 1. The third-order valence-electron chi connectivity index (χ3n) is 1.87. The zero-order chi connectivity index (χ0) is 12.3. The molecule has 7 heteroatoms. The van der Waals surface area contributed by atoms with Crippen LogP contribution in [0, 0.1) is 0 Å². The van der Waals surface area contributed by atoms with Crippen molar-refractivity contribution in [3.05, 3.63) is 23.0 Å². The molecule has 1 heterocycles. The van der Waals surface area contributed by atoms with Crippen LogP contribution in [0.1, 0.15) is 23.4 Å². The van der Waals surface area contributed by atoms with Crippen molar-refractivity contribution in [1.29, 1.82) is 0 Å². The van der Waals surface area contributed by atoms with E-state index in [1.165, 1.54) is 0 Å². The predicted molar refractivity (Wildman–Crippen MR) is 54.8 cm³/mol. The lowest BCUT2D eigenvalue weighted by Crippen LogP contribution is -2.06. The Morgan fingerprint density at radius 2 is 2.19 bits per heavy atom. The highest BCUT2D eigenvalue weighted by molar-refractivity contribution is 9.08. The molecule has 4 nitrogen and oxygen atoms in total. The molecule has 1 aromatic rings. The summed E-state index contributed by atoms with van der Waals surface area (Å²) in [5, 5.41) is 18.0. The van der Waals surface area contributed by atoms with E-state index in [1.54, 1.807) is 0 Å². The summed E-state index contributed by atoms with van der Waals surface area (Å²) in [5.41, 5.74) is -0.328. The van der Waals surface area contributed by atoms with Gasteiger partial charge in [-0.05, 0) is 11.6 Å². The highest BCUT2D eigenvalue weighted by Crippen LogP contribution is 2.29. The Hall–Kier alpha value is -1.24. The van der Waals surface area contributed by atoms with Gasteiger partial charge in [-0.15, -0.1) is 0 Å². The lowest BCUT2D eigenvalue weighted by Gasteiger charge is -2.09. The van der Waals surface area contributed by atoms with Crippen molar-refractivity contribution in [2.75, 3.05) is 0 Å². The van der Waals surface area contributed by atoms with Gasteiger partial charge in [0.15, 0.2) is 0 Å². The monoisotopic (exact) mass is 295 g/mol. The van der Waals surface area contributed by atoms with E-state index in [2.05, 4.69) is 20.9 Å². The molecule has 88 valence electrons. The van der Waals surface area contributed by atoms with E-state index in [-0.39, 0.29) is 23.0 Å². The van der Waals surface area contributed by atoms with Crippen LogP contribution in [0.3, 0.4) is 0 Å². The molecule has 0 aromatic carbocycles. The summed E-state index contributed by atoms with van der Waals surface area (Å²) in [6.45, 7) is 0. The van der Waals surface area contributed by atoms with Crippen LogP contribution >= 0.6 is 15.9 Å². The predicted octanol–water partition coefficient (Wildman–Crippen LogP) is 2.25. The number of halogens is 3. The number of nitrogens with zero attached hydrogens (tertiary/aromatic N) is 1. The molecule has 0 spiro atoms. The molecule has 0 aliphatic heterocycles. The highest BCUT2D eigenvalue weighted by atomic mass is 79.9. The van der Waals surface area contributed by atoms with E-state index in [1.807, 2.05) is 0 Å². The number of aromatic nitrogens is 1. The fraction of sp³-hybridized carbons (Fsp3) is 0.333. The largest absolute Gasteiger partial charge is 0.506 e. The molecule has 0 fully saturated rings. The maximum Gasteiger partial charge on any atom is 0.307 e. The van der Waals surface area contributed by atoms with Gasteiger partial charge in [0, 0.05) is 5.33 Å². The number of aromatic hydroxyl groups is 1. The zero-order valence-electron chi connectivity index (χ0n) is 7.95. The van der Waals surface area contributed by atoms with Gasteiger partial charge in [-0.3, -0.25) is 4.79 Å². The Balaban J connectivity index is 3.20. The van der Waals surface area contributed by atoms with Gasteiger partial charge in [-0.1, -0.05) is 15.9 Å². The molecule has 1 aromatic heterocycles. The van der Waals surface area contributed by atoms with E-state index in [4.69, 9.17) is 5.11 Å². The van der Waals surface area contributed by atoms with E-state index in [0.29, 0.717) is 0 Å². The molecule has 1 rings (SSSR count). The van der Waals surface area contributed by atoms with Crippen LogP contribution in [0.4, 0.5) is 8.78 Å². The third-order valence-corrected chi connectivity index (χ3v) is 2.41. The van der Waals surface area contributed by atoms with Crippen LogP contribution in [0.25, 0.3) is 0 Å². The smallest absolute Gasteiger partial charge is 0.307 e. The maximum absolute atomic E-state index is 12.4. The molecule has 0 saturated carbocycles. The van der Waals surface area contributed by atoms with Crippen LogP contribution in [-0.4, -0.2) is 21.2 Å². The van der Waals surface area contributed by atoms with Gasteiger partial charge in [-0.2, -0.15) is 0 Å². The number of carboxylic acid groups (broad SMARTS) is 1. The number of aliphatic carboxylic acids is 1.